The van der Waals surface area contributed by atoms with Crippen LogP contribution in [0.2, 0.25) is 10.0 Å². The summed E-state index contributed by atoms with van der Waals surface area (Å²) in [6.07, 6.45) is 2.53. The maximum Gasteiger partial charge on any atom is 0.0595 e. The second-order valence-corrected chi connectivity index (χ2v) is 5.17. The van der Waals surface area contributed by atoms with Crippen molar-refractivity contribution in [2.75, 3.05) is 0 Å². The molecule has 1 saturated carbocycles. The van der Waals surface area contributed by atoms with Crippen molar-refractivity contribution in [2.45, 2.75) is 32.1 Å². The van der Waals surface area contributed by atoms with Crippen molar-refractivity contribution in [3.05, 3.63) is 33.8 Å². The fourth-order valence-electron chi connectivity index (χ4n) is 2.25. The first-order chi connectivity index (χ1) is 6.58. The van der Waals surface area contributed by atoms with Crippen LogP contribution in [0.15, 0.2) is 18.2 Å². The predicted molar refractivity (Wildman–Crippen MR) is 62.2 cm³/mol. The molecular formula is C12H14Cl2. The second-order valence-electron chi connectivity index (χ2n) is 4.36. The number of halogens is 2. The van der Waals surface area contributed by atoms with Crippen LogP contribution in [0.5, 0.6) is 0 Å². The van der Waals surface area contributed by atoms with Crippen molar-refractivity contribution in [3.63, 3.8) is 0 Å². The molecule has 0 N–H and O–H groups in total. The number of hydrogen-bond donors (Lipinski definition) is 0. The lowest BCUT2D eigenvalue weighted by Gasteiger charge is -2.12. The average molecular weight is 229 g/mol. The molecule has 1 aromatic rings. The van der Waals surface area contributed by atoms with Crippen molar-refractivity contribution in [1.82, 2.24) is 0 Å². The van der Waals surface area contributed by atoms with Gasteiger partial charge in [0.05, 0.1) is 10.0 Å². The van der Waals surface area contributed by atoms with Gasteiger partial charge in [0.15, 0.2) is 0 Å². The smallest absolute Gasteiger partial charge is 0.0595 e. The topological polar surface area (TPSA) is 0 Å². The third-order valence-electron chi connectivity index (χ3n) is 3.48. The molecule has 1 aliphatic carbocycles. The Balaban J connectivity index is 2.31. The van der Waals surface area contributed by atoms with E-state index in [1.807, 2.05) is 12.1 Å². The van der Waals surface area contributed by atoms with E-state index in [0.29, 0.717) is 15.5 Å². The molecule has 0 unspecified atom stereocenters. The van der Waals surface area contributed by atoms with E-state index >= 15 is 0 Å². The van der Waals surface area contributed by atoms with Crippen LogP contribution < -0.4 is 0 Å². The molecule has 2 heteroatoms. The average Bonchev–Trinajstić information content (AvgIpc) is 2.83. The highest BCUT2D eigenvalue weighted by Crippen LogP contribution is 2.56. The van der Waals surface area contributed by atoms with Gasteiger partial charge in [-0.25, -0.2) is 0 Å². The largest absolute Gasteiger partial charge is 0.0827 e. The second kappa shape index (κ2) is 3.43. The molecule has 2 rings (SSSR count). The van der Waals surface area contributed by atoms with Gasteiger partial charge in [-0.05, 0) is 35.4 Å². The first kappa shape index (κ1) is 10.3. The van der Waals surface area contributed by atoms with Gasteiger partial charge in [0, 0.05) is 0 Å². The molecule has 14 heavy (non-hydrogen) atoms. The van der Waals surface area contributed by atoms with Crippen LogP contribution in [0.1, 0.15) is 32.3 Å². The molecule has 1 aromatic carbocycles. The van der Waals surface area contributed by atoms with Gasteiger partial charge in [-0.3, -0.25) is 0 Å². The zero-order valence-corrected chi connectivity index (χ0v) is 9.99. The minimum absolute atomic E-state index is 0.350. The van der Waals surface area contributed by atoms with Gasteiger partial charge < -0.3 is 0 Å². The molecule has 0 radical (unpaired) electrons. The molecular weight excluding hydrogens is 215 g/mol. The predicted octanol–water partition coefficient (Wildman–Crippen LogP) is 4.68. The van der Waals surface area contributed by atoms with Crippen molar-refractivity contribution in [1.29, 1.82) is 0 Å². The molecule has 2 atom stereocenters. The Kier molecular flexibility index (Phi) is 2.53. The SMILES string of the molecule is CC[C@@H]1C[C@@]1(C)c1ccc(Cl)c(Cl)c1. The fourth-order valence-corrected chi connectivity index (χ4v) is 2.55. The zero-order valence-electron chi connectivity index (χ0n) is 8.48. The molecule has 0 heterocycles. The van der Waals surface area contributed by atoms with Crippen molar-refractivity contribution in [2.24, 2.45) is 5.92 Å². The molecule has 0 aliphatic heterocycles. The van der Waals surface area contributed by atoms with E-state index in [4.69, 9.17) is 23.2 Å². The third kappa shape index (κ3) is 1.55. The minimum atomic E-state index is 0.350. The van der Waals surface area contributed by atoms with E-state index in [9.17, 15) is 0 Å². The maximum atomic E-state index is 6.01. The van der Waals surface area contributed by atoms with Crippen LogP contribution in [-0.2, 0) is 5.41 Å². The van der Waals surface area contributed by atoms with E-state index < -0.39 is 0 Å². The third-order valence-corrected chi connectivity index (χ3v) is 4.22. The van der Waals surface area contributed by atoms with Gasteiger partial charge in [0.1, 0.15) is 0 Å². The lowest BCUT2D eigenvalue weighted by molar-refractivity contribution is 0.642. The van der Waals surface area contributed by atoms with Gasteiger partial charge in [0.2, 0.25) is 0 Å². The van der Waals surface area contributed by atoms with Gasteiger partial charge >= 0.3 is 0 Å². The summed E-state index contributed by atoms with van der Waals surface area (Å²) in [5.74, 6) is 0.819. The summed E-state index contributed by atoms with van der Waals surface area (Å²) in [5, 5.41) is 1.32. The zero-order chi connectivity index (χ0) is 10.3. The summed E-state index contributed by atoms with van der Waals surface area (Å²) in [4.78, 5) is 0. The Morgan fingerprint density at radius 3 is 2.57 bits per heavy atom. The molecule has 76 valence electrons. The van der Waals surface area contributed by atoms with E-state index in [0.717, 1.165) is 5.92 Å². The highest BCUT2D eigenvalue weighted by atomic mass is 35.5. The van der Waals surface area contributed by atoms with Gasteiger partial charge in [0.25, 0.3) is 0 Å². The van der Waals surface area contributed by atoms with Crippen molar-refractivity contribution >= 4 is 23.2 Å². The van der Waals surface area contributed by atoms with Crippen LogP contribution >= 0.6 is 23.2 Å². The number of benzene rings is 1. The Hall–Kier alpha value is -0.200. The van der Waals surface area contributed by atoms with Crippen LogP contribution in [0, 0.1) is 5.92 Å². The highest BCUT2D eigenvalue weighted by molar-refractivity contribution is 6.42. The van der Waals surface area contributed by atoms with E-state index in [1.165, 1.54) is 18.4 Å². The molecule has 0 saturated heterocycles. The standard InChI is InChI=1S/C12H14Cl2/c1-3-8-7-12(8,2)9-4-5-10(13)11(14)6-9/h4-6,8H,3,7H2,1-2H3/t8-,12-/m1/s1. The van der Waals surface area contributed by atoms with Crippen LogP contribution in [0.25, 0.3) is 0 Å². The fraction of sp³-hybridized carbons (Fsp3) is 0.500. The molecule has 0 spiro atoms. The first-order valence-electron chi connectivity index (χ1n) is 5.03. The summed E-state index contributed by atoms with van der Waals surface area (Å²) >= 11 is 11.9. The maximum absolute atomic E-state index is 6.01. The normalized spacial score (nSPS) is 30.4. The molecule has 0 amide bonds. The monoisotopic (exact) mass is 228 g/mol. The van der Waals surface area contributed by atoms with Gasteiger partial charge in [-0.15, -0.1) is 0 Å². The lowest BCUT2D eigenvalue weighted by Crippen LogP contribution is -2.03. The summed E-state index contributed by atoms with van der Waals surface area (Å²) in [7, 11) is 0. The van der Waals surface area contributed by atoms with E-state index in [2.05, 4.69) is 19.9 Å². The molecule has 1 fully saturated rings. The van der Waals surface area contributed by atoms with E-state index in [1.54, 1.807) is 0 Å². The van der Waals surface area contributed by atoms with Crippen LogP contribution in [-0.4, -0.2) is 0 Å². The minimum Gasteiger partial charge on any atom is -0.0827 e. The van der Waals surface area contributed by atoms with Crippen LogP contribution in [0.4, 0.5) is 0 Å². The van der Waals surface area contributed by atoms with Gasteiger partial charge in [-0.2, -0.15) is 0 Å². The molecule has 0 bridgehead atoms. The van der Waals surface area contributed by atoms with Crippen molar-refractivity contribution < 1.29 is 0 Å². The summed E-state index contributed by atoms with van der Waals surface area (Å²) in [6, 6.07) is 6.01. The van der Waals surface area contributed by atoms with Crippen molar-refractivity contribution in [3.8, 4) is 0 Å². The number of rotatable bonds is 2. The Bertz CT molecular complexity index is 359. The number of hydrogen-bond acceptors (Lipinski definition) is 0. The van der Waals surface area contributed by atoms with Gasteiger partial charge in [-0.1, -0.05) is 49.5 Å². The molecule has 0 nitrogen and oxygen atoms in total. The van der Waals surface area contributed by atoms with E-state index in [-0.39, 0.29) is 0 Å². The Morgan fingerprint density at radius 2 is 2.07 bits per heavy atom. The quantitative estimate of drug-likeness (QED) is 0.690. The highest BCUT2D eigenvalue weighted by Gasteiger charge is 2.49. The molecule has 1 aliphatic rings. The van der Waals surface area contributed by atoms with Crippen LogP contribution in [0.3, 0.4) is 0 Å². The Labute approximate surface area is 95.2 Å². The lowest BCUT2D eigenvalue weighted by atomic mass is 9.95. The summed E-state index contributed by atoms with van der Waals surface area (Å²) < 4.78 is 0. The Morgan fingerprint density at radius 1 is 1.36 bits per heavy atom. The summed E-state index contributed by atoms with van der Waals surface area (Å²) in [5.41, 5.74) is 1.68. The summed E-state index contributed by atoms with van der Waals surface area (Å²) in [6.45, 7) is 4.55. The molecule has 0 aromatic heterocycles. The first-order valence-corrected chi connectivity index (χ1v) is 5.79.